The number of nitrogens with one attached hydrogen (secondary N) is 1. The molecule has 0 bridgehead atoms. The average Bonchev–Trinajstić information content (AvgIpc) is 3.11. The highest BCUT2D eigenvalue weighted by Crippen LogP contribution is 2.47. The molecule has 0 aliphatic heterocycles. The molecule has 0 saturated heterocycles. The highest BCUT2D eigenvalue weighted by atomic mass is 31.2. The van der Waals surface area contributed by atoms with E-state index in [1.165, 1.54) is 57.4 Å². The first-order valence-electron chi connectivity index (χ1n) is 19.5. The second-order valence-electron chi connectivity index (χ2n) is 13.9. The largest absolute Gasteiger partial charge is 0.472 e. The van der Waals surface area contributed by atoms with E-state index in [-0.39, 0.29) is 6.42 Å². The Morgan fingerprint density at radius 1 is 0.673 bits per heavy atom. The number of allylic oxidation sites excluding steroid dienone is 5. The summed E-state index contributed by atoms with van der Waals surface area (Å²) in [6.45, 7) is 3.62. The van der Waals surface area contributed by atoms with Crippen LogP contribution < -0.4 is 5.32 Å². The van der Waals surface area contributed by atoms with Crippen LogP contribution in [0.5, 0.6) is 0 Å². The minimum absolute atomic E-state index is 0.255. The molecular formula is C38H70NO12P. The van der Waals surface area contributed by atoms with E-state index in [4.69, 9.17) is 9.05 Å². The molecule has 1 amide bonds. The Labute approximate surface area is 311 Å². The molecule has 1 aliphatic carbocycles. The van der Waals surface area contributed by atoms with Gasteiger partial charge in [0, 0.05) is 0 Å². The van der Waals surface area contributed by atoms with Gasteiger partial charge in [-0.15, -0.1) is 0 Å². The van der Waals surface area contributed by atoms with E-state index in [2.05, 4.69) is 37.4 Å². The Morgan fingerprint density at radius 3 is 1.69 bits per heavy atom. The number of phosphoric acid groups is 1. The van der Waals surface area contributed by atoms with Crippen molar-refractivity contribution in [2.75, 3.05) is 6.61 Å². The molecular weight excluding hydrogens is 693 g/mol. The topological polar surface area (TPSA) is 226 Å². The van der Waals surface area contributed by atoms with Crippen LogP contribution in [0.2, 0.25) is 0 Å². The molecule has 9 N–H and O–H groups in total. The number of amides is 1. The predicted octanol–water partition coefficient (Wildman–Crippen LogP) is 4.63. The van der Waals surface area contributed by atoms with Crippen molar-refractivity contribution in [3.63, 3.8) is 0 Å². The molecule has 0 aromatic carbocycles. The number of hydrogen-bond acceptors (Lipinski definition) is 11. The van der Waals surface area contributed by atoms with Crippen LogP contribution in [-0.2, 0) is 18.4 Å². The Hall–Kier alpha value is -1.48. The lowest BCUT2D eigenvalue weighted by Gasteiger charge is -2.41. The molecule has 304 valence electrons. The molecule has 8 atom stereocenters. The lowest BCUT2D eigenvalue weighted by Crippen LogP contribution is -2.64. The number of unbranched alkanes of at least 4 members (excludes halogenated alkanes) is 13. The fraction of sp³-hybridized carbons (Fsp3) is 0.816. The fourth-order valence-electron chi connectivity index (χ4n) is 5.92. The normalized spacial score (nSPS) is 25.5. The molecule has 0 aromatic rings. The SMILES string of the molecule is CCCCC/C=C/CC/C=C/CC/C=C/C(O)C(COP(=O)(O)OC1C(O)C(O)C(O)C(O)C1O)NC(=O)CC(O)CCCCCCCCCCC. The number of carbonyl (C=O) groups is 1. The lowest BCUT2D eigenvalue weighted by atomic mass is 9.85. The van der Waals surface area contributed by atoms with Gasteiger partial charge >= 0.3 is 7.82 Å². The van der Waals surface area contributed by atoms with Gasteiger partial charge in [0.15, 0.2) is 0 Å². The molecule has 0 heterocycles. The van der Waals surface area contributed by atoms with Gasteiger partial charge in [-0.2, -0.15) is 0 Å². The third-order valence-corrected chi connectivity index (χ3v) is 10.2. The smallest absolute Gasteiger partial charge is 0.393 e. The molecule has 1 aliphatic rings. The summed E-state index contributed by atoms with van der Waals surface area (Å²) in [6.07, 6.45) is 15.5. The summed E-state index contributed by atoms with van der Waals surface area (Å²) >= 11 is 0. The highest BCUT2D eigenvalue weighted by molar-refractivity contribution is 7.47. The van der Waals surface area contributed by atoms with Crippen LogP contribution in [-0.4, -0.2) is 108 Å². The van der Waals surface area contributed by atoms with Crippen molar-refractivity contribution in [3.8, 4) is 0 Å². The Kier molecular flexibility index (Phi) is 27.0. The van der Waals surface area contributed by atoms with Crippen LogP contribution in [0.3, 0.4) is 0 Å². The van der Waals surface area contributed by atoms with E-state index in [0.29, 0.717) is 19.3 Å². The molecule has 0 radical (unpaired) electrons. The minimum atomic E-state index is -5.14. The third-order valence-electron chi connectivity index (χ3n) is 9.21. The lowest BCUT2D eigenvalue weighted by molar-refractivity contribution is -0.220. The minimum Gasteiger partial charge on any atom is -0.393 e. The molecule has 0 spiro atoms. The molecule has 13 nitrogen and oxygen atoms in total. The van der Waals surface area contributed by atoms with Crippen molar-refractivity contribution >= 4 is 13.7 Å². The Morgan fingerprint density at radius 2 is 1.13 bits per heavy atom. The van der Waals surface area contributed by atoms with Gasteiger partial charge in [0.1, 0.15) is 36.6 Å². The maximum absolute atomic E-state index is 12.9. The van der Waals surface area contributed by atoms with Crippen LogP contribution in [0.4, 0.5) is 0 Å². The zero-order valence-corrected chi connectivity index (χ0v) is 32.4. The van der Waals surface area contributed by atoms with Crippen LogP contribution in [0.25, 0.3) is 0 Å². The van der Waals surface area contributed by atoms with Crippen LogP contribution >= 0.6 is 7.82 Å². The van der Waals surface area contributed by atoms with E-state index in [0.717, 1.165) is 44.9 Å². The summed E-state index contributed by atoms with van der Waals surface area (Å²) in [6, 6.07) is -1.26. The first-order chi connectivity index (χ1) is 24.8. The number of rotatable bonds is 30. The standard InChI is InChI=1S/C38H70NO12P/c1-3-5-7-9-11-13-14-15-16-18-20-22-24-26-31(41)30(39-32(42)27-29(40)25-23-21-19-17-12-10-8-6-4-2)28-50-52(48,49)51-38-36(46)34(44)33(43)35(45)37(38)47/h11,13,16,18,24,26,29-31,33-38,40-41,43-47H,3-10,12,14-15,17,19-23,25,27-28H2,1-2H3,(H,39,42)(H,48,49)/b13-11+,18-16+,26-24+. The quantitative estimate of drug-likeness (QED) is 0.0277. The first-order valence-corrected chi connectivity index (χ1v) is 21.0. The predicted molar refractivity (Wildman–Crippen MR) is 201 cm³/mol. The van der Waals surface area contributed by atoms with E-state index in [1.807, 2.05) is 6.08 Å². The number of carbonyl (C=O) groups excluding carboxylic acids is 1. The van der Waals surface area contributed by atoms with E-state index >= 15 is 0 Å². The van der Waals surface area contributed by atoms with E-state index < -0.39 is 75.2 Å². The summed E-state index contributed by atoms with van der Waals surface area (Å²) in [5.74, 6) is -0.612. The van der Waals surface area contributed by atoms with Crippen LogP contribution in [0.1, 0.15) is 136 Å². The van der Waals surface area contributed by atoms with Crippen molar-refractivity contribution in [1.82, 2.24) is 5.32 Å². The second-order valence-corrected chi connectivity index (χ2v) is 15.4. The van der Waals surface area contributed by atoms with E-state index in [9.17, 15) is 50.0 Å². The van der Waals surface area contributed by atoms with Crippen molar-refractivity contribution in [3.05, 3.63) is 36.5 Å². The maximum atomic E-state index is 12.9. The van der Waals surface area contributed by atoms with Gasteiger partial charge in [0.05, 0.1) is 31.3 Å². The molecule has 1 saturated carbocycles. The summed E-state index contributed by atoms with van der Waals surface area (Å²) in [5, 5.41) is 73.9. The monoisotopic (exact) mass is 763 g/mol. The van der Waals surface area contributed by atoms with Gasteiger partial charge in [0.25, 0.3) is 0 Å². The van der Waals surface area contributed by atoms with Gasteiger partial charge < -0.3 is 46.0 Å². The Balaban J connectivity index is 2.72. The average molecular weight is 764 g/mol. The number of phosphoric ester groups is 1. The number of hydrogen-bond donors (Lipinski definition) is 9. The van der Waals surface area contributed by atoms with Gasteiger partial charge in [-0.25, -0.2) is 4.57 Å². The molecule has 1 fully saturated rings. The Bertz CT molecular complexity index is 1040. The molecule has 14 heteroatoms. The first kappa shape index (κ1) is 48.5. The molecule has 1 rings (SSSR count). The van der Waals surface area contributed by atoms with Gasteiger partial charge in [-0.05, 0) is 44.9 Å². The highest BCUT2D eigenvalue weighted by Gasteiger charge is 2.51. The van der Waals surface area contributed by atoms with Crippen molar-refractivity contribution < 1.29 is 59.0 Å². The van der Waals surface area contributed by atoms with Crippen LogP contribution in [0.15, 0.2) is 36.5 Å². The fourth-order valence-corrected chi connectivity index (χ4v) is 6.88. The molecule has 52 heavy (non-hydrogen) atoms. The third kappa shape index (κ3) is 21.4. The van der Waals surface area contributed by atoms with Gasteiger partial charge in [0.2, 0.25) is 5.91 Å². The van der Waals surface area contributed by atoms with Crippen molar-refractivity contribution in [2.24, 2.45) is 0 Å². The summed E-state index contributed by atoms with van der Waals surface area (Å²) in [4.78, 5) is 23.2. The zero-order valence-electron chi connectivity index (χ0n) is 31.5. The zero-order chi connectivity index (χ0) is 38.8. The molecule has 8 unspecified atom stereocenters. The maximum Gasteiger partial charge on any atom is 0.472 e. The van der Waals surface area contributed by atoms with Crippen molar-refractivity contribution in [1.29, 1.82) is 0 Å². The summed E-state index contributed by atoms with van der Waals surface area (Å²) < 4.78 is 22.7. The van der Waals surface area contributed by atoms with Crippen LogP contribution in [0, 0.1) is 0 Å². The second kappa shape index (κ2) is 28.9. The van der Waals surface area contributed by atoms with Gasteiger partial charge in [-0.3, -0.25) is 13.8 Å². The summed E-state index contributed by atoms with van der Waals surface area (Å²) in [5.41, 5.74) is 0. The molecule has 0 aromatic heterocycles. The van der Waals surface area contributed by atoms with Gasteiger partial charge in [-0.1, -0.05) is 121 Å². The number of aliphatic hydroxyl groups excluding tert-OH is 7. The summed E-state index contributed by atoms with van der Waals surface area (Å²) in [7, 11) is -5.14. The van der Waals surface area contributed by atoms with Crippen molar-refractivity contribution in [2.45, 2.75) is 191 Å². The van der Waals surface area contributed by atoms with E-state index in [1.54, 1.807) is 6.08 Å². The number of aliphatic hydroxyl groups is 7.